The Hall–Kier alpha value is -0.810. The monoisotopic (exact) mass is 275 g/mol. The fourth-order valence-corrected chi connectivity index (χ4v) is 1.76. The first-order valence-electron chi connectivity index (χ1n) is 6.98. The summed E-state index contributed by atoms with van der Waals surface area (Å²) < 4.78 is 10.6. The van der Waals surface area contributed by atoms with Gasteiger partial charge >= 0.3 is 6.09 Å². The Bertz CT molecular complexity index is 269. The van der Waals surface area contributed by atoms with Crippen LogP contribution in [0, 0.1) is 0 Å². The highest BCUT2D eigenvalue weighted by Gasteiger charge is 2.35. The highest BCUT2D eigenvalue weighted by molar-refractivity contribution is 5.68. The van der Waals surface area contributed by atoms with Gasteiger partial charge in [0.2, 0.25) is 0 Å². The molecule has 114 valence electrons. The second kappa shape index (κ2) is 7.70. The maximum absolute atomic E-state index is 11.8. The summed E-state index contributed by atoms with van der Waals surface area (Å²) in [5.41, 5.74) is -1.54. The Labute approximate surface area is 116 Å². The molecule has 0 aromatic carbocycles. The van der Waals surface area contributed by atoms with E-state index < -0.39 is 23.3 Å². The van der Waals surface area contributed by atoms with Crippen molar-refractivity contribution in [1.82, 2.24) is 5.32 Å². The molecule has 1 amide bonds. The number of alkyl carbamates (subject to hydrolysis) is 1. The lowest BCUT2D eigenvalue weighted by molar-refractivity contribution is -0.0403. The van der Waals surface area contributed by atoms with E-state index in [4.69, 9.17) is 9.47 Å². The van der Waals surface area contributed by atoms with Gasteiger partial charge in [-0.2, -0.15) is 0 Å². The lowest BCUT2D eigenvalue weighted by Crippen LogP contribution is -2.55. The fourth-order valence-electron chi connectivity index (χ4n) is 1.76. The Kier molecular flexibility index (Phi) is 7.37. The van der Waals surface area contributed by atoms with Crippen LogP contribution in [-0.4, -0.2) is 41.7 Å². The molecule has 0 aromatic rings. The Morgan fingerprint density at radius 1 is 1.21 bits per heavy atom. The van der Waals surface area contributed by atoms with Gasteiger partial charge in [-0.3, -0.25) is 0 Å². The smallest absolute Gasteiger partial charge is 0.408 e. The van der Waals surface area contributed by atoms with Crippen LogP contribution in [0.15, 0.2) is 0 Å². The number of amides is 1. The summed E-state index contributed by atoms with van der Waals surface area (Å²) in [4.78, 5) is 11.8. The van der Waals surface area contributed by atoms with Crippen LogP contribution < -0.4 is 5.32 Å². The van der Waals surface area contributed by atoms with Crippen molar-refractivity contribution in [1.29, 1.82) is 0 Å². The normalized spacial score (nSPS) is 14.1. The van der Waals surface area contributed by atoms with Crippen molar-refractivity contribution in [2.75, 3.05) is 13.2 Å². The summed E-state index contributed by atoms with van der Waals surface area (Å²) >= 11 is 0. The average molecular weight is 275 g/mol. The molecule has 0 rings (SSSR count). The highest BCUT2D eigenvalue weighted by Crippen LogP contribution is 2.20. The molecule has 0 saturated carbocycles. The van der Waals surface area contributed by atoms with E-state index in [2.05, 4.69) is 5.32 Å². The summed E-state index contributed by atoms with van der Waals surface area (Å²) in [6, 6.07) is -0.475. The largest absolute Gasteiger partial charge is 0.444 e. The third-order valence-electron chi connectivity index (χ3n) is 3.05. The molecule has 0 saturated heterocycles. The van der Waals surface area contributed by atoms with Crippen molar-refractivity contribution >= 4 is 6.09 Å². The van der Waals surface area contributed by atoms with E-state index in [0.717, 1.165) is 0 Å². The van der Waals surface area contributed by atoms with Gasteiger partial charge in [0.05, 0.1) is 18.2 Å². The molecule has 0 radical (unpaired) electrons. The second-order valence-corrected chi connectivity index (χ2v) is 5.67. The maximum Gasteiger partial charge on any atom is 0.408 e. The first-order chi connectivity index (χ1) is 8.68. The number of carbonyl (C=O) groups is 1. The number of nitrogens with one attached hydrogen (secondary N) is 1. The van der Waals surface area contributed by atoms with Gasteiger partial charge in [0.15, 0.2) is 0 Å². The Morgan fingerprint density at radius 3 is 2.11 bits per heavy atom. The maximum atomic E-state index is 11.8. The van der Waals surface area contributed by atoms with E-state index in [-0.39, 0.29) is 6.61 Å². The standard InChI is InChI=1S/C14H29NO4/c1-7-14(17,8-2)11(10-18-9-3)15-12(16)19-13(4,5)6/h11,17H,7-10H2,1-6H3,(H,15,16). The number of ether oxygens (including phenoxy) is 2. The molecule has 0 bridgehead atoms. The SMILES string of the molecule is CCOCC(NC(=O)OC(C)(C)C)C(O)(CC)CC. The topological polar surface area (TPSA) is 67.8 Å². The summed E-state index contributed by atoms with van der Waals surface area (Å²) in [5, 5.41) is 13.2. The van der Waals surface area contributed by atoms with Gasteiger partial charge in [-0.15, -0.1) is 0 Å². The van der Waals surface area contributed by atoms with Crippen molar-refractivity contribution < 1.29 is 19.4 Å². The van der Waals surface area contributed by atoms with E-state index >= 15 is 0 Å². The predicted molar refractivity (Wildman–Crippen MR) is 75.2 cm³/mol. The van der Waals surface area contributed by atoms with Gasteiger partial charge in [0.1, 0.15) is 5.60 Å². The van der Waals surface area contributed by atoms with Crippen molar-refractivity contribution in [2.24, 2.45) is 0 Å². The Balaban J connectivity index is 4.72. The molecule has 0 spiro atoms. The van der Waals surface area contributed by atoms with E-state index in [1.54, 1.807) is 20.8 Å². The zero-order valence-corrected chi connectivity index (χ0v) is 13.1. The molecule has 0 aromatic heterocycles. The van der Waals surface area contributed by atoms with Gasteiger partial charge in [0.25, 0.3) is 0 Å². The molecule has 0 aliphatic heterocycles. The van der Waals surface area contributed by atoms with Crippen LogP contribution in [0.5, 0.6) is 0 Å². The molecular weight excluding hydrogens is 246 g/mol. The number of rotatable bonds is 7. The predicted octanol–water partition coefficient (Wildman–Crippen LogP) is 2.47. The minimum absolute atomic E-state index is 0.272. The molecule has 0 aliphatic rings. The van der Waals surface area contributed by atoms with Crippen LogP contribution in [0.25, 0.3) is 0 Å². The van der Waals surface area contributed by atoms with E-state index in [0.29, 0.717) is 19.4 Å². The highest BCUT2D eigenvalue weighted by atomic mass is 16.6. The summed E-state index contributed by atoms with van der Waals surface area (Å²) in [6.45, 7) is 11.9. The minimum atomic E-state index is -0.980. The van der Waals surface area contributed by atoms with Crippen LogP contribution in [0.4, 0.5) is 4.79 Å². The summed E-state index contributed by atoms with van der Waals surface area (Å²) in [7, 11) is 0. The Morgan fingerprint density at radius 2 is 1.74 bits per heavy atom. The molecule has 1 unspecified atom stereocenters. The summed E-state index contributed by atoms with van der Waals surface area (Å²) in [6.07, 6.45) is 0.547. The van der Waals surface area contributed by atoms with E-state index in [1.807, 2.05) is 20.8 Å². The van der Waals surface area contributed by atoms with Gasteiger partial charge in [0, 0.05) is 6.61 Å². The third kappa shape index (κ3) is 6.78. The molecule has 5 nitrogen and oxygen atoms in total. The number of hydrogen-bond donors (Lipinski definition) is 2. The van der Waals surface area contributed by atoms with Crippen molar-refractivity contribution in [3.8, 4) is 0 Å². The van der Waals surface area contributed by atoms with Gasteiger partial charge in [-0.25, -0.2) is 4.79 Å². The molecule has 0 aliphatic carbocycles. The van der Waals surface area contributed by atoms with Crippen LogP contribution >= 0.6 is 0 Å². The molecule has 1 atom stereocenters. The van der Waals surface area contributed by atoms with E-state index in [1.165, 1.54) is 0 Å². The zero-order chi connectivity index (χ0) is 15.1. The molecule has 0 fully saturated rings. The van der Waals surface area contributed by atoms with Crippen LogP contribution in [0.2, 0.25) is 0 Å². The third-order valence-corrected chi connectivity index (χ3v) is 3.05. The molecule has 19 heavy (non-hydrogen) atoms. The molecule has 5 heteroatoms. The van der Waals surface area contributed by atoms with Crippen molar-refractivity contribution in [3.63, 3.8) is 0 Å². The number of hydrogen-bond acceptors (Lipinski definition) is 4. The fraction of sp³-hybridized carbons (Fsp3) is 0.929. The first-order valence-corrected chi connectivity index (χ1v) is 6.98. The molecular formula is C14H29NO4. The molecule has 2 N–H and O–H groups in total. The van der Waals surface area contributed by atoms with Gasteiger partial charge in [-0.05, 0) is 40.5 Å². The van der Waals surface area contributed by atoms with Crippen LogP contribution in [-0.2, 0) is 9.47 Å². The van der Waals surface area contributed by atoms with Gasteiger partial charge < -0.3 is 19.9 Å². The molecule has 0 heterocycles. The van der Waals surface area contributed by atoms with Crippen LogP contribution in [0.1, 0.15) is 54.4 Å². The van der Waals surface area contributed by atoms with Gasteiger partial charge in [-0.1, -0.05) is 13.8 Å². The zero-order valence-electron chi connectivity index (χ0n) is 13.1. The van der Waals surface area contributed by atoms with Crippen LogP contribution in [0.3, 0.4) is 0 Å². The number of carbonyl (C=O) groups excluding carboxylic acids is 1. The second-order valence-electron chi connectivity index (χ2n) is 5.67. The van der Waals surface area contributed by atoms with E-state index in [9.17, 15) is 9.90 Å². The average Bonchev–Trinajstić information content (AvgIpc) is 2.31. The first kappa shape index (κ1) is 18.2. The van der Waals surface area contributed by atoms with Crippen molar-refractivity contribution in [3.05, 3.63) is 0 Å². The lowest BCUT2D eigenvalue weighted by atomic mass is 9.89. The van der Waals surface area contributed by atoms with Crippen molar-refractivity contribution in [2.45, 2.75) is 71.6 Å². The lowest BCUT2D eigenvalue weighted by Gasteiger charge is -2.35. The summed E-state index contributed by atoms with van der Waals surface area (Å²) in [5.74, 6) is 0. The number of aliphatic hydroxyl groups is 1. The quantitative estimate of drug-likeness (QED) is 0.749. The minimum Gasteiger partial charge on any atom is -0.444 e.